The summed E-state index contributed by atoms with van der Waals surface area (Å²) in [4.78, 5) is 37.1. The summed E-state index contributed by atoms with van der Waals surface area (Å²) in [6, 6.07) is 13.3. The minimum atomic E-state index is -0.427. The van der Waals surface area contributed by atoms with Gasteiger partial charge in [-0.15, -0.1) is 5.10 Å². The molecular formula is C20H17N5O4. The molecule has 2 aromatic carbocycles. The molecule has 4 aromatic rings. The fraction of sp³-hybridized carbons (Fsp3) is 0.150. The standard InChI is InChI=1S/C20H17N5O4/c1-2-29-20(28)13-7-9-14(10-8-13)22-17(26)12-24-18-11-21-23-25(18)16-6-4-3-5-15(16)19(24)27/h3-11H,2,12H2,1H3,(H,22,26). The van der Waals surface area contributed by atoms with Crippen molar-refractivity contribution in [2.24, 2.45) is 0 Å². The fourth-order valence-electron chi connectivity index (χ4n) is 3.07. The lowest BCUT2D eigenvalue weighted by molar-refractivity contribution is -0.116. The first-order valence-electron chi connectivity index (χ1n) is 8.97. The van der Waals surface area contributed by atoms with Crippen molar-refractivity contribution in [2.45, 2.75) is 13.5 Å². The van der Waals surface area contributed by atoms with Crippen LogP contribution in [0.5, 0.6) is 0 Å². The molecule has 0 aliphatic rings. The summed E-state index contributed by atoms with van der Waals surface area (Å²) in [5, 5.41) is 11.0. The van der Waals surface area contributed by atoms with E-state index in [2.05, 4.69) is 15.6 Å². The molecule has 1 amide bonds. The number of carbonyl (C=O) groups is 2. The number of nitrogens with zero attached hydrogens (tertiary/aromatic N) is 4. The summed E-state index contributed by atoms with van der Waals surface area (Å²) >= 11 is 0. The molecule has 4 rings (SSSR count). The van der Waals surface area contributed by atoms with Gasteiger partial charge in [0, 0.05) is 5.69 Å². The number of aromatic nitrogens is 4. The van der Waals surface area contributed by atoms with Crippen LogP contribution >= 0.6 is 0 Å². The third-order valence-corrected chi connectivity index (χ3v) is 4.40. The lowest BCUT2D eigenvalue weighted by atomic mass is 10.2. The van der Waals surface area contributed by atoms with Gasteiger partial charge >= 0.3 is 5.97 Å². The number of carbonyl (C=O) groups excluding carboxylic acids is 2. The molecule has 146 valence electrons. The first-order valence-corrected chi connectivity index (χ1v) is 8.97. The number of hydrogen-bond acceptors (Lipinski definition) is 6. The normalized spacial score (nSPS) is 10.9. The van der Waals surface area contributed by atoms with E-state index in [1.54, 1.807) is 55.5 Å². The number of amides is 1. The van der Waals surface area contributed by atoms with Crippen molar-refractivity contribution < 1.29 is 14.3 Å². The Balaban J connectivity index is 1.59. The highest BCUT2D eigenvalue weighted by molar-refractivity contribution is 5.93. The summed E-state index contributed by atoms with van der Waals surface area (Å²) in [5.41, 5.74) is 1.63. The third-order valence-electron chi connectivity index (χ3n) is 4.40. The van der Waals surface area contributed by atoms with Crippen LogP contribution in [-0.2, 0) is 16.1 Å². The minimum Gasteiger partial charge on any atom is -0.462 e. The molecule has 0 unspecified atom stereocenters. The number of anilines is 1. The van der Waals surface area contributed by atoms with Crippen molar-refractivity contribution in [3.8, 4) is 0 Å². The first kappa shape index (κ1) is 18.4. The van der Waals surface area contributed by atoms with E-state index in [1.165, 1.54) is 15.3 Å². The summed E-state index contributed by atoms with van der Waals surface area (Å²) in [6.45, 7) is 1.81. The van der Waals surface area contributed by atoms with E-state index in [4.69, 9.17) is 4.74 Å². The third kappa shape index (κ3) is 3.45. The van der Waals surface area contributed by atoms with E-state index in [0.717, 1.165) is 0 Å². The van der Waals surface area contributed by atoms with Crippen LogP contribution in [0.1, 0.15) is 17.3 Å². The number of ether oxygens (including phenoxy) is 1. The molecule has 29 heavy (non-hydrogen) atoms. The molecule has 1 N–H and O–H groups in total. The molecule has 0 spiro atoms. The van der Waals surface area contributed by atoms with E-state index < -0.39 is 11.9 Å². The Bertz CT molecular complexity index is 1270. The van der Waals surface area contributed by atoms with E-state index >= 15 is 0 Å². The largest absolute Gasteiger partial charge is 0.462 e. The van der Waals surface area contributed by atoms with Crippen molar-refractivity contribution in [2.75, 3.05) is 11.9 Å². The number of para-hydroxylation sites is 1. The predicted molar refractivity (Wildman–Crippen MR) is 106 cm³/mol. The molecule has 0 aliphatic carbocycles. The molecule has 9 heteroatoms. The maximum atomic E-state index is 12.9. The zero-order valence-corrected chi connectivity index (χ0v) is 15.5. The maximum absolute atomic E-state index is 12.9. The van der Waals surface area contributed by atoms with Crippen LogP contribution in [0.15, 0.2) is 59.5 Å². The van der Waals surface area contributed by atoms with Crippen LogP contribution in [0.4, 0.5) is 5.69 Å². The van der Waals surface area contributed by atoms with Gasteiger partial charge in [0.2, 0.25) is 5.91 Å². The molecule has 9 nitrogen and oxygen atoms in total. The Morgan fingerprint density at radius 3 is 2.62 bits per heavy atom. The van der Waals surface area contributed by atoms with Gasteiger partial charge in [-0.3, -0.25) is 14.2 Å². The first-order chi connectivity index (χ1) is 14.1. The second-order valence-corrected chi connectivity index (χ2v) is 6.26. The van der Waals surface area contributed by atoms with Crippen LogP contribution in [0.2, 0.25) is 0 Å². The fourth-order valence-corrected chi connectivity index (χ4v) is 3.07. The number of nitrogens with one attached hydrogen (secondary N) is 1. The van der Waals surface area contributed by atoms with E-state index in [9.17, 15) is 14.4 Å². The Kier molecular flexibility index (Phi) is 4.78. The lowest BCUT2D eigenvalue weighted by Crippen LogP contribution is -2.29. The average Bonchev–Trinajstić information content (AvgIpc) is 3.22. The molecule has 0 atom stereocenters. The number of esters is 1. The zero-order valence-electron chi connectivity index (χ0n) is 15.5. The Morgan fingerprint density at radius 1 is 1.10 bits per heavy atom. The second-order valence-electron chi connectivity index (χ2n) is 6.26. The molecular weight excluding hydrogens is 374 g/mol. The predicted octanol–water partition coefficient (Wildman–Crippen LogP) is 1.86. The van der Waals surface area contributed by atoms with Gasteiger partial charge in [0.25, 0.3) is 5.56 Å². The van der Waals surface area contributed by atoms with Crippen molar-refractivity contribution >= 4 is 34.1 Å². The van der Waals surface area contributed by atoms with Gasteiger partial charge < -0.3 is 10.1 Å². The maximum Gasteiger partial charge on any atom is 0.338 e. The van der Waals surface area contributed by atoms with Crippen LogP contribution in [0.25, 0.3) is 16.6 Å². The summed E-state index contributed by atoms with van der Waals surface area (Å²) in [6.07, 6.45) is 1.44. The number of rotatable bonds is 5. The number of benzene rings is 2. The zero-order chi connectivity index (χ0) is 20.4. The summed E-state index contributed by atoms with van der Waals surface area (Å²) < 4.78 is 7.78. The van der Waals surface area contributed by atoms with Gasteiger partial charge in [0.05, 0.1) is 29.3 Å². The topological polar surface area (TPSA) is 108 Å². The highest BCUT2D eigenvalue weighted by Crippen LogP contribution is 2.13. The van der Waals surface area contributed by atoms with Crippen molar-refractivity contribution in [1.82, 2.24) is 19.4 Å². The van der Waals surface area contributed by atoms with Gasteiger partial charge in [0.15, 0.2) is 5.65 Å². The molecule has 0 fully saturated rings. The quantitative estimate of drug-likeness (QED) is 0.520. The number of fused-ring (bicyclic) bond motifs is 3. The Labute approximate surface area is 164 Å². The average molecular weight is 391 g/mol. The smallest absolute Gasteiger partial charge is 0.338 e. The second kappa shape index (κ2) is 7.55. The monoisotopic (exact) mass is 391 g/mol. The van der Waals surface area contributed by atoms with Gasteiger partial charge in [-0.05, 0) is 43.3 Å². The highest BCUT2D eigenvalue weighted by Gasteiger charge is 2.15. The number of hydrogen-bond donors (Lipinski definition) is 1. The van der Waals surface area contributed by atoms with Crippen LogP contribution in [0.3, 0.4) is 0 Å². The molecule has 2 heterocycles. The molecule has 2 aromatic heterocycles. The summed E-state index contributed by atoms with van der Waals surface area (Å²) in [7, 11) is 0. The highest BCUT2D eigenvalue weighted by atomic mass is 16.5. The molecule has 0 saturated carbocycles. The van der Waals surface area contributed by atoms with Gasteiger partial charge in [-0.2, -0.15) is 4.52 Å². The summed E-state index contributed by atoms with van der Waals surface area (Å²) in [5.74, 6) is -0.821. The molecule has 0 aliphatic heterocycles. The van der Waals surface area contributed by atoms with E-state index in [0.29, 0.717) is 27.8 Å². The lowest BCUT2D eigenvalue weighted by Gasteiger charge is -2.11. The minimum absolute atomic E-state index is 0.208. The van der Waals surface area contributed by atoms with Crippen LogP contribution < -0.4 is 10.9 Å². The van der Waals surface area contributed by atoms with Crippen molar-refractivity contribution in [3.63, 3.8) is 0 Å². The van der Waals surface area contributed by atoms with Crippen LogP contribution in [-0.4, -0.2) is 37.9 Å². The van der Waals surface area contributed by atoms with E-state index in [1.807, 2.05) is 0 Å². The molecule has 0 bridgehead atoms. The van der Waals surface area contributed by atoms with Crippen molar-refractivity contribution in [1.29, 1.82) is 0 Å². The molecule has 0 radical (unpaired) electrons. The Morgan fingerprint density at radius 2 is 1.86 bits per heavy atom. The van der Waals surface area contributed by atoms with Gasteiger partial charge in [0.1, 0.15) is 6.54 Å². The van der Waals surface area contributed by atoms with E-state index in [-0.39, 0.29) is 18.7 Å². The molecule has 0 saturated heterocycles. The van der Waals surface area contributed by atoms with Crippen LogP contribution in [0, 0.1) is 0 Å². The van der Waals surface area contributed by atoms with Crippen molar-refractivity contribution in [3.05, 3.63) is 70.6 Å². The van der Waals surface area contributed by atoms with Gasteiger partial charge in [-0.1, -0.05) is 17.3 Å². The van der Waals surface area contributed by atoms with Gasteiger partial charge in [-0.25, -0.2) is 4.79 Å². The SMILES string of the molecule is CCOC(=O)c1ccc(NC(=O)Cn2c(=O)c3ccccc3n3nncc23)cc1. The Hall–Kier alpha value is -4.01.